The molecule has 0 amide bonds. The number of fused-ring (bicyclic) bond motifs is 1. The minimum absolute atomic E-state index is 0.0263. The molecular weight excluding hydrogens is 424 g/mol. The van der Waals surface area contributed by atoms with Gasteiger partial charge in [-0.2, -0.15) is 0 Å². The van der Waals surface area contributed by atoms with Crippen LogP contribution in [0.3, 0.4) is 0 Å². The molecule has 0 saturated heterocycles. The molecule has 2 aromatic carbocycles. The molecule has 0 spiro atoms. The number of aryl methyl sites for hydroxylation is 1. The summed E-state index contributed by atoms with van der Waals surface area (Å²) in [6.45, 7) is 2.92. The molecule has 6 nitrogen and oxygen atoms in total. The first kappa shape index (κ1) is 24.5. The van der Waals surface area contributed by atoms with E-state index < -0.39 is 6.10 Å². The zero-order chi connectivity index (χ0) is 22.6. The number of hydrogen-bond donors (Lipinski definition) is 4. The van der Waals surface area contributed by atoms with E-state index in [9.17, 15) is 15.0 Å². The maximum atomic E-state index is 11.6. The first-order chi connectivity index (χ1) is 15.6. The summed E-state index contributed by atoms with van der Waals surface area (Å²) in [6, 6.07) is 13.8. The second kappa shape index (κ2) is 13.4. The topological polar surface area (TPSA) is 94.6 Å². The molecule has 3 aromatic rings. The van der Waals surface area contributed by atoms with Crippen LogP contribution in [0.1, 0.15) is 55.8 Å². The van der Waals surface area contributed by atoms with Gasteiger partial charge in [0.25, 0.3) is 0 Å². The Bertz CT molecular complexity index is 987. The molecule has 0 bridgehead atoms. The zero-order valence-corrected chi connectivity index (χ0v) is 19.3. The van der Waals surface area contributed by atoms with Crippen molar-refractivity contribution in [2.24, 2.45) is 0 Å². The first-order valence-corrected chi connectivity index (χ1v) is 12.3. The second-order valence-corrected chi connectivity index (χ2v) is 9.06. The summed E-state index contributed by atoms with van der Waals surface area (Å²) in [5.41, 5.74) is 2.45. The van der Waals surface area contributed by atoms with E-state index in [1.54, 1.807) is 6.07 Å². The van der Waals surface area contributed by atoms with E-state index in [1.807, 2.05) is 0 Å². The van der Waals surface area contributed by atoms with Crippen molar-refractivity contribution < 1.29 is 14.9 Å². The van der Waals surface area contributed by atoms with Crippen molar-refractivity contribution in [1.29, 1.82) is 0 Å². The van der Waals surface area contributed by atoms with Crippen molar-refractivity contribution >= 4 is 21.6 Å². The maximum absolute atomic E-state index is 11.6. The summed E-state index contributed by atoms with van der Waals surface area (Å²) in [6.07, 6.45) is 7.07. The van der Waals surface area contributed by atoms with Gasteiger partial charge in [0.15, 0.2) is 0 Å². The number of aromatic nitrogens is 1. The van der Waals surface area contributed by atoms with Crippen molar-refractivity contribution in [2.75, 3.05) is 26.3 Å². The smallest absolute Gasteiger partial charge is 0.305 e. The van der Waals surface area contributed by atoms with Crippen LogP contribution in [0.5, 0.6) is 5.75 Å². The number of phenols is 1. The number of ether oxygens (including phenoxy) is 1. The van der Waals surface area contributed by atoms with Gasteiger partial charge in [-0.1, -0.05) is 60.6 Å². The predicted molar refractivity (Wildman–Crippen MR) is 131 cm³/mol. The Morgan fingerprint density at radius 3 is 2.53 bits per heavy atom. The van der Waals surface area contributed by atoms with E-state index >= 15 is 0 Å². The average Bonchev–Trinajstić information content (AvgIpc) is 3.20. The Morgan fingerprint density at radius 2 is 1.72 bits per heavy atom. The largest absolute Gasteiger partial charge is 0.506 e. The highest BCUT2D eigenvalue weighted by molar-refractivity contribution is 7.16. The number of rotatable bonds is 15. The number of unbranched alkanes of at least 4 members (excludes halogenated alkanes) is 4. The molecule has 32 heavy (non-hydrogen) atoms. The lowest BCUT2D eigenvalue weighted by molar-refractivity contribution is 0.126. The molecule has 0 radical (unpaired) electrons. The molecule has 1 heterocycles. The molecule has 0 aliphatic heterocycles. The van der Waals surface area contributed by atoms with Crippen LogP contribution in [-0.2, 0) is 11.2 Å². The number of aliphatic hydroxyl groups is 1. The molecule has 0 saturated carbocycles. The average molecular weight is 459 g/mol. The lowest BCUT2D eigenvalue weighted by Crippen LogP contribution is -2.22. The fraction of sp³-hybridized carbons (Fsp3) is 0.480. The standard InChI is InChI=1S/C25H34N2O4S/c28-21-14-13-20(24-23(21)27-25(30)32-24)22(29)18-26-15-7-1-2-8-16-31-17-9-6-12-19-10-4-3-5-11-19/h3-5,10-11,13-14,22,26,28-29H,1-2,6-9,12,15-18H2,(H,27,30)/t22-/m0/s1. The molecule has 1 aromatic heterocycles. The van der Waals surface area contributed by atoms with Gasteiger partial charge in [0, 0.05) is 25.3 Å². The molecule has 174 valence electrons. The van der Waals surface area contributed by atoms with Gasteiger partial charge in [0.1, 0.15) is 11.3 Å². The lowest BCUT2D eigenvalue weighted by atomic mass is 10.1. The SMILES string of the molecule is O=c1[nH]c2c(O)ccc([C@@H](O)CNCCCCCCOCCCCc3ccccc3)c2s1. The van der Waals surface area contributed by atoms with Crippen LogP contribution in [0.2, 0.25) is 0 Å². The van der Waals surface area contributed by atoms with Gasteiger partial charge in [0.05, 0.1) is 10.8 Å². The fourth-order valence-electron chi connectivity index (χ4n) is 3.74. The summed E-state index contributed by atoms with van der Waals surface area (Å²) in [5, 5.41) is 23.6. The number of aromatic hydroxyl groups is 1. The monoisotopic (exact) mass is 458 g/mol. The van der Waals surface area contributed by atoms with Crippen molar-refractivity contribution in [3.63, 3.8) is 0 Å². The minimum atomic E-state index is -0.722. The number of aromatic amines is 1. The van der Waals surface area contributed by atoms with Gasteiger partial charge >= 0.3 is 4.87 Å². The summed E-state index contributed by atoms with van der Waals surface area (Å²) >= 11 is 1.01. The summed E-state index contributed by atoms with van der Waals surface area (Å²) in [4.78, 5) is 14.0. The van der Waals surface area contributed by atoms with Crippen LogP contribution < -0.4 is 10.2 Å². The number of hydrogen-bond acceptors (Lipinski definition) is 6. The summed E-state index contributed by atoms with van der Waals surface area (Å²) in [5.74, 6) is 0.0263. The van der Waals surface area contributed by atoms with Gasteiger partial charge in [-0.05, 0) is 50.3 Å². The number of aliphatic hydroxyl groups excluding tert-OH is 1. The van der Waals surface area contributed by atoms with Crippen LogP contribution in [0.4, 0.5) is 0 Å². The molecule has 0 fully saturated rings. The van der Waals surface area contributed by atoms with E-state index in [0.29, 0.717) is 22.3 Å². The van der Waals surface area contributed by atoms with E-state index in [4.69, 9.17) is 4.74 Å². The predicted octanol–water partition coefficient (Wildman–Crippen LogP) is 4.52. The zero-order valence-electron chi connectivity index (χ0n) is 18.5. The van der Waals surface area contributed by atoms with E-state index in [1.165, 1.54) is 18.1 Å². The van der Waals surface area contributed by atoms with Gasteiger partial charge in [-0.3, -0.25) is 4.79 Å². The Balaban J connectivity index is 1.18. The molecular formula is C25H34N2O4S. The van der Waals surface area contributed by atoms with E-state index in [-0.39, 0.29) is 10.6 Å². The highest BCUT2D eigenvalue weighted by Crippen LogP contribution is 2.31. The van der Waals surface area contributed by atoms with Crippen molar-refractivity contribution in [3.05, 3.63) is 63.3 Å². The number of nitrogens with one attached hydrogen (secondary N) is 2. The van der Waals surface area contributed by atoms with E-state index in [0.717, 1.165) is 69.6 Å². The third kappa shape index (κ3) is 7.74. The molecule has 0 aliphatic rings. The quantitative estimate of drug-likeness (QED) is 0.251. The third-order valence-electron chi connectivity index (χ3n) is 5.52. The second-order valence-electron chi connectivity index (χ2n) is 8.08. The minimum Gasteiger partial charge on any atom is -0.506 e. The van der Waals surface area contributed by atoms with Gasteiger partial charge < -0.3 is 25.3 Å². The molecule has 0 unspecified atom stereocenters. The maximum Gasteiger partial charge on any atom is 0.305 e. The van der Waals surface area contributed by atoms with Crippen LogP contribution in [0, 0.1) is 0 Å². The molecule has 7 heteroatoms. The Hall–Kier alpha value is -2.19. The molecule has 3 rings (SSSR count). The van der Waals surface area contributed by atoms with Gasteiger partial charge in [0.2, 0.25) is 0 Å². The number of benzene rings is 2. The first-order valence-electron chi connectivity index (χ1n) is 11.5. The Labute approximate surface area is 193 Å². The van der Waals surface area contributed by atoms with Crippen LogP contribution in [0.15, 0.2) is 47.3 Å². The number of phenolic OH excluding ortho intramolecular Hbond substituents is 1. The van der Waals surface area contributed by atoms with Crippen molar-refractivity contribution in [1.82, 2.24) is 10.3 Å². The third-order valence-corrected chi connectivity index (χ3v) is 6.46. The van der Waals surface area contributed by atoms with Crippen molar-refractivity contribution in [3.8, 4) is 5.75 Å². The van der Waals surface area contributed by atoms with Crippen molar-refractivity contribution in [2.45, 2.75) is 51.0 Å². The number of H-pyrrole nitrogens is 1. The van der Waals surface area contributed by atoms with Crippen LogP contribution in [-0.4, -0.2) is 41.5 Å². The summed E-state index contributed by atoms with van der Waals surface area (Å²) < 4.78 is 6.35. The highest BCUT2D eigenvalue weighted by atomic mass is 32.1. The van der Waals surface area contributed by atoms with Gasteiger partial charge in [-0.15, -0.1) is 0 Å². The Morgan fingerprint density at radius 1 is 0.969 bits per heavy atom. The molecule has 1 atom stereocenters. The highest BCUT2D eigenvalue weighted by Gasteiger charge is 2.15. The van der Waals surface area contributed by atoms with Gasteiger partial charge in [-0.25, -0.2) is 0 Å². The molecule has 0 aliphatic carbocycles. The van der Waals surface area contributed by atoms with Crippen LogP contribution >= 0.6 is 11.3 Å². The lowest BCUT2D eigenvalue weighted by Gasteiger charge is -2.13. The molecule has 4 N–H and O–H groups in total. The van der Waals surface area contributed by atoms with Crippen LogP contribution in [0.25, 0.3) is 10.2 Å². The van der Waals surface area contributed by atoms with E-state index in [2.05, 4.69) is 40.6 Å². The number of thiazole rings is 1. The Kier molecular flexibility index (Phi) is 10.2. The normalized spacial score (nSPS) is 12.4. The fourth-order valence-corrected chi connectivity index (χ4v) is 4.66. The summed E-state index contributed by atoms with van der Waals surface area (Å²) in [7, 11) is 0.